The van der Waals surface area contributed by atoms with Gasteiger partial charge in [0, 0.05) is 0 Å². The summed E-state index contributed by atoms with van der Waals surface area (Å²) in [6.45, 7) is 6.99. The van der Waals surface area contributed by atoms with Crippen LogP contribution in [0.2, 0.25) is 0 Å². The third kappa shape index (κ3) is 3.35. The second kappa shape index (κ2) is 6.22. The first kappa shape index (κ1) is 18.1. The van der Waals surface area contributed by atoms with Crippen LogP contribution in [-0.2, 0) is 20.7 Å². The highest BCUT2D eigenvalue weighted by Crippen LogP contribution is 2.45. The molecule has 1 aliphatic heterocycles. The molecule has 2 N–H and O–H groups in total. The molecule has 0 aromatic heterocycles. The highest BCUT2D eigenvalue weighted by Gasteiger charge is 2.57. The fraction of sp³-hybridized carbons (Fsp3) is 0.429. The number of benzene rings is 2. The zero-order valence-corrected chi connectivity index (χ0v) is 15.1. The third-order valence-electron chi connectivity index (χ3n) is 4.92. The fourth-order valence-electron chi connectivity index (χ4n) is 3.46. The molecule has 4 heteroatoms. The number of aliphatic hydroxyl groups is 2. The largest absolute Gasteiger partial charge is 0.383 e. The minimum Gasteiger partial charge on any atom is -0.383 e. The van der Waals surface area contributed by atoms with Gasteiger partial charge in [0.2, 0.25) is 0 Å². The average Bonchev–Trinajstić information content (AvgIpc) is 2.94. The standard InChI is InChI=1S/C21H26O4/c1-19(2)24-17(20(3,22)15-11-7-5-8-12-15)18(25-19)21(4,23)16-13-9-6-10-14-16/h5-14,17-18,22-23H,1-4H3/t17-,18-,20-,21+/m1/s1. The summed E-state index contributed by atoms with van der Waals surface area (Å²) in [4.78, 5) is 0. The Labute approximate surface area is 149 Å². The Bertz CT molecular complexity index is 646. The van der Waals surface area contributed by atoms with E-state index in [0.29, 0.717) is 0 Å². The van der Waals surface area contributed by atoms with Crippen LogP contribution in [0.3, 0.4) is 0 Å². The molecular formula is C21H26O4. The lowest BCUT2D eigenvalue weighted by molar-refractivity contribution is -0.175. The van der Waals surface area contributed by atoms with Gasteiger partial charge in [-0.15, -0.1) is 0 Å². The minimum absolute atomic E-state index is 0.718. The number of hydrogen-bond donors (Lipinski definition) is 2. The molecule has 0 aliphatic carbocycles. The predicted octanol–water partition coefficient (Wildman–Crippen LogP) is 3.32. The van der Waals surface area contributed by atoms with E-state index in [4.69, 9.17) is 9.47 Å². The molecule has 0 amide bonds. The van der Waals surface area contributed by atoms with Gasteiger partial charge in [-0.05, 0) is 38.8 Å². The van der Waals surface area contributed by atoms with E-state index in [2.05, 4.69) is 0 Å². The van der Waals surface area contributed by atoms with Gasteiger partial charge < -0.3 is 19.7 Å². The lowest BCUT2D eigenvalue weighted by Crippen LogP contribution is -2.51. The van der Waals surface area contributed by atoms with Gasteiger partial charge >= 0.3 is 0 Å². The van der Waals surface area contributed by atoms with Crippen LogP contribution < -0.4 is 0 Å². The van der Waals surface area contributed by atoms with Gasteiger partial charge in [0.05, 0.1) is 0 Å². The molecule has 0 spiro atoms. The van der Waals surface area contributed by atoms with Gasteiger partial charge in [-0.25, -0.2) is 0 Å². The van der Waals surface area contributed by atoms with Gasteiger partial charge in [0.1, 0.15) is 23.4 Å². The quantitative estimate of drug-likeness (QED) is 0.895. The van der Waals surface area contributed by atoms with E-state index in [1.165, 1.54) is 0 Å². The van der Waals surface area contributed by atoms with Crippen LogP contribution in [0.25, 0.3) is 0 Å². The lowest BCUT2D eigenvalue weighted by Gasteiger charge is -2.38. The van der Waals surface area contributed by atoms with E-state index in [0.717, 1.165) is 11.1 Å². The van der Waals surface area contributed by atoms with Crippen molar-refractivity contribution in [2.75, 3.05) is 0 Å². The van der Waals surface area contributed by atoms with Crippen LogP contribution in [0, 0.1) is 0 Å². The van der Waals surface area contributed by atoms with Crippen molar-refractivity contribution in [3.8, 4) is 0 Å². The molecule has 1 saturated heterocycles. The van der Waals surface area contributed by atoms with E-state index < -0.39 is 29.2 Å². The van der Waals surface area contributed by atoms with Crippen molar-refractivity contribution in [3.63, 3.8) is 0 Å². The van der Waals surface area contributed by atoms with Crippen LogP contribution >= 0.6 is 0 Å². The summed E-state index contributed by atoms with van der Waals surface area (Å²) in [7, 11) is 0. The zero-order chi connectivity index (χ0) is 18.3. The molecule has 4 atom stereocenters. The SMILES string of the molecule is CC1(C)O[C@@H]([C@@](C)(O)c2ccccc2)[C@H]([C@](C)(O)c2ccccc2)O1. The maximum absolute atomic E-state index is 11.3. The van der Waals surface area contributed by atoms with Crippen molar-refractivity contribution in [2.45, 2.75) is 56.9 Å². The Morgan fingerprint density at radius 2 is 1.04 bits per heavy atom. The van der Waals surface area contributed by atoms with Crippen LogP contribution in [0.1, 0.15) is 38.8 Å². The first-order chi connectivity index (χ1) is 11.6. The highest BCUT2D eigenvalue weighted by molar-refractivity contribution is 5.28. The van der Waals surface area contributed by atoms with Crippen molar-refractivity contribution >= 4 is 0 Å². The van der Waals surface area contributed by atoms with E-state index in [1.807, 2.05) is 60.7 Å². The number of rotatable bonds is 4. The van der Waals surface area contributed by atoms with Crippen LogP contribution in [-0.4, -0.2) is 28.2 Å². The summed E-state index contributed by atoms with van der Waals surface area (Å²) < 4.78 is 12.1. The van der Waals surface area contributed by atoms with Crippen LogP contribution in [0.5, 0.6) is 0 Å². The van der Waals surface area contributed by atoms with Crippen LogP contribution in [0.4, 0.5) is 0 Å². The molecule has 4 nitrogen and oxygen atoms in total. The molecule has 2 aromatic rings. The summed E-state index contributed by atoms with van der Waals surface area (Å²) in [6.07, 6.45) is -1.47. The van der Waals surface area contributed by atoms with Crippen molar-refractivity contribution in [3.05, 3.63) is 71.8 Å². The van der Waals surface area contributed by atoms with E-state index in [-0.39, 0.29) is 0 Å². The smallest absolute Gasteiger partial charge is 0.164 e. The van der Waals surface area contributed by atoms with E-state index in [9.17, 15) is 10.2 Å². The second-order valence-corrected chi connectivity index (χ2v) is 7.50. The van der Waals surface area contributed by atoms with Crippen molar-refractivity contribution < 1.29 is 19.7 Å². The molecular weight excluding hydrogens is 316 g/mol. The molecule has 2 aromatic carbocycles. The fourth-order valence-corrected chi connectivity index (χ4v) is 3.46. The molecule has 1 aliphatic rings. The van der Waals surface area contributed by atoms with Gasteiger partial charge in [0.25, 0.3) is 0 Å². The summed E-state index contributed by atoms with van der Waals surface area (Å²) >= 11 is 0. The molecule has 0 radical (unpaired) electrons. The van der Waals surface area contributed by atoms with Gasteiger partial charge in [-0.2, -0.15) is 0 Å². The molecule has 0 bridgehead atoms. The Balaban J connectivity index is 2.02. The Kier molecular flexibility index (Phi) is 4.50. The van der Waals surface area contributed by atoms with E-state index in [1.54, 1.807) is 27.7 Å². The van der Waals surface area contributed by atoms with Gasteiger partial charge in [0.15, 0.2) is 5.79 Å². The molecule has 25 heavy (non-hydrogen) atoms. The monoisotopic (exact) mass is 342 g/mol. The number of ether oxygens (including phenoxy) is 2. The minimum atomic E-state index is -1.32. The maximum Gasteiger partial charge on any atom is 0.164 e. The Morgan fingerprint density at radius 3 is 1.36 bits per heavy atom. The lowest BCUT2D eigenvalue weighted by atomic mass is 9.79. The average molecular weight is 342 g/mol. The highest BCUT2D eigenvalue weighted by atomic mass is 16.8. The molecule has 134 valence electrons. The maximum atomic E-state index is 11.3. The van der Waals surface area contributed by atoms with Crippen molar-refractivity contribution in [1.29, 1.82) is 0 Å². The normalized spacial score (nSPS) is 27.4. The summed E-state index contributed by atoms with van der Waals surface area (Å²) in [5, 5.41) is 22.6. The topological polar surface area (TPSA) is 58.9 Å². The summed E-state index contributed by atoms with van der Waals surface area (Å²) in [6, 6.07) is 18.7. The predicted molar refractivity (Wildman–Crippen MR) is 95.9 cm³/mol. The second-order valence-electron chi connectivity index (χ2n) is 7.50. The molecule has 0 saturated carbocycles. The molecule has 0 unspecified atom stereocenters. The molecule has 3 rings (SSSR count). The van der Waals surface area contributed by atoms with Crippen LogP contribution in [0.15, 0.2) is 60.7 Å². The summed E-state index contributed by atoms with van der Waals surface area (Å²) in [5.74, 6) is -0.910. The van der Waals surface area contributed by atoms with E-state index >= 15 is 0 Å². The van der Waals surface area contributed by atoms with Gasteiger partial charge in [-0.3, -0.25) is 0 Å². The van der Waals surface area contributed by atoms with Crippen molar-refractivity contribution in [2.24, 2.45) is 0 Å². The third-order valence-corrected chi connectivity index (χ3v) is 4.92. The first-order valence-electron chi connectivity index (χ1n) is 8.56. The zero-order valence-electron chi connectivity index (χ0n) is 15.1. The Hall–Kier alpha value is -1.72. The number of hydrogen-bond acceptors (Lipinski definition) is 4. The Morgan fingerprint density at radius 1 is 0.720 bits per heavy atom. The summed E-state index contributed by atoms with van der Waals surface area (Å²) in [5.41, 5.74) is -1.21. The van der Waals surface area contributed by atoms with Crippen molar-refractivity contribution in [1.82, 2.24) is 0 Å². The first-order valence-corrected chi connectivity index (χ1v) is 8.56. The molecule has 1 fully saturated rings. The van der Waals surface area contributed by atoms with Gasteiger partial charge in [-0.1, -0.05) is 60.7 Å². The molecule has 1 heterocycles.